The summed E-state index contributed by atoms with van der Waals surface area (Å²) in [7, 11) is 1.76. The standard InChI is InChI=1S/C21H28N4O2.HI/c1-22-21(23-11-9-19-8-5-13-27-19)24-15-18-14-20(26)25(16-18)12-10-17-6-3-2-4-7-17;/h2-8,13,18H,9-12,14-16H2,1H3,(H2,22,23,24);1H. The number of amides is 1. The fourth-order valence-electron chi connectivity index (χ4n) is 3.34. The van der Waals surface area contributed by atoms with E-state index in [2.05, 4.69) is 27.8 Å². The number of rotatable bonds is 8. The molecule has 0 aliphatic carbocycles. The van der Waals surface area contributed by atoms with Crippen LogP contribution in [0, 0.1) is 5.92 Å². The molecule has 0 bridgehead atoms. The molecule has 1 aromatic heterocycles. The van der Waals surface area contributed by atoms with Gasteiger partial charge in [-0.05, 0) is 24.1 Å². The van der Waals surface area contributed by atoms with Gasteiger partial charge < -0.3 is 20.0 Å². The monoisotopic (exact) mass is 496 g/mol. The van der Waals surface area contributed by atoms with Crippen LogP contribution in [0.2, 0.25) is 0 Å². The Labute approximate surface area is 183 Å². The van der Waals surface area contributed by atoms with E-state index in [1.165, 1.54) is 5.56 Å². The van der Waals surface area contributed by atoms with E-state index >= 15 is 0 Å². The third kappa shape index (κ3) is 6.85. The van der Waals surface area contributed by atoms with Gasteiger partial charge in [0, 0.05) is 52.0 Å². The number of guanidine groups is 1. The molecule has 1 atom stereocenters. The number of likely N-dealkylation sites (tertiary alicyclic amines) is 1. The summed E-state index contributed by atoms with van der Waals surface area (Å²) in [6, 6.07) is 14.2. The minimum Gasteiger partial charge on any atom is -0.469 e. The molecule has 152 valence electrons. The van der Waals surface area contributed by atoms with Crippen molar-refractivity contribution in [3.8, 4) is 0 Å². The Bertz CT molecular complexity index is 734. The first kappa shape index (κ1) is 22.3. The van der Waals surface area contributed by atoms with E-state index in [-0.39, 0.29) is 29.9 Å². The van der Waals surface area contributed by atoms with Gasteiger partial charge in [0.25, 0.3) is 0 Å². The van der Waals surface area contributed by atoms with E-state index < -0.39 is 0 Å². The fourth-order valence-corrected chi connectivity index (χ4v) is 3.34. The van der Waals surface area contributed by atoms with Gasteiger partial charge in [-0.25, -0.2) is 0 Å². The van der Waals surface area contributed by atoms with Crippen molar-refractivity contribution < 1.29 is 9.21 Å². The fraction of sp³-hybridized carbons (Fsp3) is 0.429. The van der Waals surface area contributed by atoms with Crippen LogP contribution in [0.15, 0.2) is 58.1 Å². The number of nitrogens with one attached hydrogen (secondary N) is 2. The average Bonchev–Trinajstić information content (AvgIpc) is 3.33. The summed E-state index contributed by atoms with van der Waals surface area (Å²) in [4.78, 5) is 18.5. The normalized spacial score (nSPS) is 16.8. The zero-order valence-electron chi connectivity index (χ0n) is 16.3. The van der Waals surface area contributed by atoms with Crippen LogP contribution in [-0.4, -0.2) is 50.0 Å². The van der Waals surface area contributed by atoms with Crippen molar-refractivity contribution in [3.05, 3.63) is 60.1 Å². The van der Waals surface area contributed by atoms with Crippen LogP contribution in [0.4, 0.5) is 0 Å². The third-order valence-electron chi connectivity index (χ3n) is 4.83. The Balaban J connectivity index is 0.00000280. The van der Waals surface area contributed by atoms with Crippen molar-refractivity contribution in [2.75, 3.05) is 33.2 Å². The molecule has 1 aliphatic heterocycles. The zero-order chi connectivity index (χ0) is 18.9. The molecule has 1 unspecified atom stereocenters. The summed E-state index contributed by atoms with van der Waals surface area (Å²) >= 11 is 0. The predicted octanol–water partition coefficient (Wildman–Crippen LogP) is 2.70. The lowest BCUT2D eigenvalue weighted by Crippen LogP contribution is -2.41. The van der Waals surface area contributed by atoms with Crippen LogP contribution in [-0.2, 0) is 17.6 Å². The Hall–Kier alpha value is -2.03. The van der Waals surface area contributed by atoms with E-state index in [1.54, 1.807) is 13.3 Å². The molecule has 1 amide bonds. The van der Waals surface area contributed by atoms with E-state index in [0.717, 1.165) is 50.7 Å². The van der Waals surface area contributed by atoms with Crippen molar-refractivity contribution in [1.82, 2.24) is 15.5 Å². The van der Waals surface area contributed by atoms with Gasteiger partial charge in [0.1, 0.15) is 5.76 Å². The number of carbonyl (C=O) groups is 1. The van der Waals surface area contributed by atoms with Crippen molar-refractivity contribution in [3.63, 3.8) is 0 Å². The van der Waals surface area contributed by atoms with Gasteiger partial charge in [0.05, 0.1) is 6.26 Å². The molecule has 2 aromatic rings. The summed E-state index contributed by atoms with van der Waals surface area (Å²) in [5.74, 6) is 2.28. The van der Waals surface area contributed by atoms with Gasteiger partial charge in [-0.15, -0.1) is 24.0 Å². The second kappa shape index (κ2) is 11.7. The maximum absolute atomic E-state index is 12.3. The van der Waals surface area contributed by atoms with Gasteiger partial charge >= 0.3 is 0 Å². The molecule has 2 N–H and O–H groups in total. The zero-order valence-corrected chi connectivity index (χ0v) is 18.6. The molecule has 1 fully saturated rings. The number of carbonyl (C=O) groups excluding carboxylic acids is 1. The molecule has 0 radical (unpaired) electrons. The number of halogens is 1. The van der Waals surface area contributed by atoms with E-state index in [9.17, 15) is 4.79 Å². The molecule has 1 saturated heterocycles. The number of hydrogen-bond acceptors (Lipinski definition) is 3. The largest absolute Gasteiger partial charge is 0.469 e. The van der Waals surface area contributed by atoms with E-state index in [0.29, 0.717) is 12.3 Å². The molecule has 1 aromatic carbocycles. The third-order valence-corrected chi connectivity index (χ3v) is 4.83. The molecule has 1 aliphatic rings. The summed E-state index contributed by atoms with van der Waals surface area (Å²) in [6.07, 6.45) is 4.00. The minimum absolute atomic E-state index is 0. The van der Waals surface area contributed by atoms with Crippen molar-refractivity contribution in [2.45, 2.75) is 19.3 Å². The molecule has 0 spiro atoms. The van der Waals surface area contributed by atoms with Crippen LogP contribution in [0.25, 0.3) is 0 Å². The predicted molar refractivity (Wildman–Crippen MR) is 122 cm³/mol. The van der Waals surface area contributed by atoms with Crippen LogP contribution < -0.4 is 10.6 Å². The lowest BCUT2D eigenvalue weighted by Gasteiger charge is -2.18. The molecule has 3 rings (SSSR count). The minimum atomic E-state index is 0. The highest BCUT2D eigenvalue weighted by Gasteiger charge is 2.29. The van der Waals surface area contributed by atoms with Gasteiger partial charge in [0.2, 0.25) is 5.91 Å². The highest BCUT2D eigenvalue weighted by Crippen LogP contribution is 2.17. The number of aliphatic imine (C=N–C) groups is 1. The first-order chi connectivity index (χ1) is 13.2. The SMILES string of the molecule is CN=C(NCCc1ccco1)NCC1CC(=O)N(CCc2ccccc2)C1.I. The molecule has 6 nitrogen and oxygen atoms in total. The smallest absolute Gasteiger partial charge is 0.223 e. The number of nitrogens with zero attached hydrogens (tertiary/aromatic N) is 2. The average molecular weight is 496 g/mol. The van der Waals surface area contributed by atoms with Crippen molar-refractivity contribution >= 4 is 35.8 Å². The van der Waals surface area contributed by atoms with Crippen LogP contribution in [0.5, 0.6) is 0 Å². The van der Waals surface area contributed by atoms with Crippen molar-refractivity contribution in [1.29, 1.82) is 0 Å². The second-order valence-corrected chi connectivity index (χ2v) is 6.85. The molecule has 7 heteroatoms. The van der Waals surface area contributed by atoms with Crippen LogP contribution in [0.1, 0.15) is 17.7 Å². The van der Waals surface area contributed by atoms with Gasteiger partial charge in [-0.1, -0.05) is 30.3 Å². The molecule has 28 heavy (non-hydrogen) atoms. The highest BCUT2D eigenvalue weighted by molar-refractivity contribution is 14.0. The molecular formula is C21H29IN4O2. The van der Waals surface area contributed by atoms with Gasteiger partial charge in [-0.3, -0.25) is 9.79 Å². The molecule has 0 saturated carbocycles. The number of furan rings is 1. The summed E-state index contributed by atoms with van der Waals surface area (Å²) in [5.41, 5.74) is 1.27. The quantitative estimate of drug-likeness (QED) is 0.335. The maximum Gasteiger partial charge on any atom is 0.223 e. The Kier molecular flexibility index (Phi) is 9.33. The number of benzene rings is 1. The Morgan fingerprint density at radius 2 is 2.00 bits per heavy atom. The highest BCUT2D eigenvalue weighted by atomic mass is 127. The number of hydrogen-bond donors (Lipinski definition) is 2. The summed E-state index contributed by atoms with van der Waals surface area (Å²) < 4.78 is 5.33. The lowest BCUT2D eigenvalue weighted by atomic mass is 10.1. The summed E-state index contributed by atoms with van der Waals surface area (Å²) in [6.45, 7) is 3.09. The van der Waals surface area contributed by atoms with Gasteiger partial charge in [-0.2, -0.15) is 0 Å². The topological polar surface area (TPSA) is 69.9 Å². The Morgan fingerprint density at radius 3 is 2.71 bits per heavy atom. The Morgan fingerprint density at radius 1 is 1.18 bits per heavy atom. The van der Waals surface area contributed by atoms with E-state index in [4.69, 9.17) is 4.42 Å². The maximum atomic E-state index is 12.3. The summed E-state index contributed by atoms with van der Waals surface area (Å²) in [5, 5.41) is 6.62. The molecule has 2 heterocycles. The van der Waals surface area contributed by atoms with Crippen LogP contribution in [0.3, 0.4) is 0 Å². The lowest BCUT2D eigenvalue weighted by molar-refractivity contribution is -0.127. The van der Waals surface area contributed by atoms with Gasteiger partial charge in [0.15, 0.2) is 5.96 Å². The molecular weight excluding hydrogens is 467 g/mol. The van der Waals surface area contributed by atoms with Crippen molar-refractivity contribution in [2.24, 2.45) is 10.9 Å². The first-order valence-electron chi connectivity index (χ1n) is 9.53. The van der Waals surface area contributed by atoms with E-state index in [1.807, 2.05) is 35.2 Å². The van der Waals surface area contributed by atoms with Crippen LogP contribution >= 0.6 is 24.0 Å². The first-order valence-corrected chi connectivity index (χ1v) is 9.53. The second-order valence-electron chi connectivity index (χ2n) is 6.85.